The number of phosphoric ester groups is 2. The fourth-order valence-electron chi connectivity index (χ4n) is 11.5. The number of phosphoric acid groups is 2. The first-order chi connectivity index (χ1) is 45.6. The zero-order chi connectivity index (χ0) is 70.3. The number of hydrogen-bond acceptors (Lipinski definition) is 15. The van der Waals surface area contributed by atoms with Crippen molar-refractivity contribution in [3.05, 3.63) is 0 Å². The van der Waals surface area contributed by atoms with Crippen LogP contribution in [0.3, 0.4) is 0 Å². The maximum absolute atomic E-state index is 13.1. The highest BCUT2D eigenvalue weighted by Crippen LogP contribution is 2.45. The van der Waals surface area contributed by atoms with Crippen molar-refractivity contribution >= 4 is 39.5 Å². The van der Waals surface area contributed by atoms with Gasteiger partial charge < -0.3 is 33.8 Å². The van der Waals surface area contributed by atoms with Gasteiger partial charge in [-0.2, -0.15) is 0 Å². The number of aliphatic hydroxyl groups is 1. The SMILES string of the molecule is CCC(C)CCCCCCCCCCCCCCCCC(=O)O[C@H](COC(=O)CCCCCCCCCCCCCCCCCC(C)C)COP(=O)(O)OC[C@@H](O)COP(=O)(O)OC[C@@H](COC(=O)CCCCCCCCC(C)C)OC(=O)CCCCCCCCCC(C)C. The fraction of sp³-hybridized carbons (Fsp3) is 0.947. The van der Waals surface area contributed by atoms with E-state index in [9.17, 15) is 43.2 Å². The lowest BCUT2D eigenvalue weighted by atomic mass is 9.99. The van der Waals surface area contributed by atoms with Gasteiger partial charge in [0, 0.05) is 25.7 Å². The van der Waals surface area contributed by atoms with E-state index in [0.717, 1.165) is 108 Å². The monoisotopic (exact) mass is 1400 g/mol. The third-order valence-corrected chi connectivity index (χ3v) is 19.8. The number of hydrogen-bond donors (Lipinski definition) is 3. The molecule has 0 rings (SSSR count). The molecule has 0 aromatic carbocycles. The summed E-state index contributed by atoms with van der Waals surface area (Å²) in [6.45, 7) is 14.1. The molecule has 0 fully saturated rings. The van der Waals surface area contributed by atoms with E-state index in [1.807, 2.05) is 0 Å². The van der Waals surface area contributed by atoms with Crippen LogP contribution < -0.4 is 0 Å². The highest BCUT2D eigenvalue weighted by Gasteiger charge is 2.30. The van der Waals surface area contributed by atoms with Gasteiger partial charge in [-0.25, -0.2) is 9.13 Å². The largest absolute Gasteiger partial charge is 0.472 e. The van der Waals surface area contributed by atoms with Crippen molar-refractivity contribution < 1.29 is 80.2 Å². The summed E-state index contributed by atoms with van der Waals surface area (Å²) in [5.74, 6) is 0.902. The summed E-state index contributed by atoms with van der Waals surface area (Å²) in [6, 6.07) is 0. The average molecular weight is 1400 g/mol. The molecule has 0 saturated heterocycles. The Labute approximate surface area is 581 Å². The van der Waals surface area contributed by atoms with Crippen molar-refractivity contribution in [3.63, 3.8) is 0 Å². The van der Waals surface area contributed by atoms with Crippen molar-refractivity contribution in [1.82, 2.24) is 0 Å². The van der Waals surface area contributed by atoms with Crippen LogP contribution in [0.1, 0.15) is 383 Å². The lowest BCUT2D eigenvalue weighted by Crippen LogP contribution is -2.30. The van der Waals surface area contributed by atoms with Gasteiger partial charge in [0.05, 0.1) is 26.4 Å². The topological polar surface area (TPSA) is 237 Å². The zero-order valence-electron chi connectivity index (χ0n) is 62.3. The second-order valence-electron chi connectivity index (χ2n) is 29.1. The predicted molar refractivity (Wildman–Crippen MR) is 386 cm³/mol. The number of esters is 4. The Kier molecular flexibility index (Phi) is 64.0. The number of unbranched alkanes of at least 4 members (excludes halogenated alkanes) is 38. The van der Waals surface area contributed by atoms with Gasteiger partial charge in [0.15, 0.2) is 12.2 Å². The van der Waals surface area contributed by atoms with Crippen LogP contribution in [0.4, 0.5) is 0 Å². The van der Waals surface area contributed by atoms with Crippen LogP contribution >= 0.6 is 15.6 Å². The minimum absolute atomic E-state index is 0.102. The minimum atomic E-state index is -4.96. The third-order valence-electron chi connectivity index (χ3n) is 17.9. The van der Waals surface area contributed by atoms with Gasteiger partial charge in [-0.05, 0) is 49.4 Å². The molecule has 0 bridgehead atoms. The zero-order valence-corrected chi connectivity index (χ0v) is 64.1. The number of aliphatic hydroxyl groups excluding tert-OH is 1. The summed E-state index contributed by atoms with van der Waals surface area (Å²) in [5, 5.41) is 10.6. The van der Waals surface area contributed by atoms with Gasteiger partial charge >= 0.3 is 39.5 Å². The molecule has 0 aromatic rings. The second kappa shape index (κ2) is 65.4. The molecule has 19 heteroatoms. The second-order valence-corrected chi connectivity index (χ2v) is 32.0. The summed E-state index contributed by atoms with van der Waals surface area (Å²) in [5.41, 5.74) is 0. The smallest absolute Gasteiger partial charge is 0.462 e. The first-order valence-electron chi connectivity index (χ1n) is 39.2. The molecule has 0 aromatic heterocycles. The Morgan fingerprint density at radius 2 is 0.505 bits per heavy atom. The molecule has 0 amide bonds. The van der Waals surface area contributed by atoms with Gasteiger partial charge in [-0.15, -0.1) is 0 Å². The van der Waals surface area contributed by atoms with E-state index in [1.165, 1.54) is 180 Å². The Bertz CT molecular complexity index is 1870. The molecule has 0 aliphatic heterocycles. The normalized spacial score (nSPS) is 14.4. The number of ether oxygens (including phenoxy) is 4. The summed E-state index contributed by atoms with van der Waals surface area (Å²) >= 11 is 0. The molecule has 0 spiro atoms. The molecule has 3 unspecified atom stereocenters. The lowest BCUT2D eigenvalue weighted by Gasteiger charge is -2.21. The first-order valence-corrected chi connectivity index (χ1v) is 42.2. The third kappa shape index (κ3) is 69.0. The summed E-state index contributed by atoms with van der Waals surface area (Å²) in [7, 11) is -9.91. The maximum Gasteiger partial charge on any atom is 0.472 e. The Morgan fingerprint density at radius 1 is 0.295 bits per heavy atom. The summed E-state index contributed by atoms with van der Waals surface area (Å²) in [4.78, 5) is 72.7. The number of carbonyl (C=O) groups is 4. The molecular formula is C76H148O17P2. The number of carbonyl (C=O) groups excluding carboxylic acids is 4. The standard InChI is InChI=1S/C76H148O17P2/c1-9-69(8)55-47-39-30-24-20-16-13-14-18-22-26-32-42-50-58-75(80)92-71(62-86-73(78)56-48-40-31-25-21-17-12-10-11-15-19-23-28-36-44-52-66(2)3)64-90-94(82,83)88-60-70(77)61-89-95(84,85)91-65-72(63-87-74(79)57-49-41-35-34-38-46-54-68(6)7)93-76(81)59-51-43-33-27-29-37-45-53-67(4)5/h66-72,77H,9-65H2,1-8H3,(H,82,83)(H,84,85)/t69?,70-,71-,72-/m1/s1. The molecule has 0 radical (unpaired) electrons. The van der Waals surface area contributed by atoms with E-state index in [0.29, 0.717) is 37.5 Å². The summed E-state index contributed by atoms with van der Waals surface area (Å²) in [6.07, 6.45) is 50.2. The van der Waals surface area contributed by atoms with Crippen LogP contribution in [-0.2, 0) is 65.4 Å². The molecular weight excluding hydrogens is 1250 g/mol. The van der Waals surface area contributed by atoms with Gasteiger partial charge in [0.25, 0.3) is 0 Å². The highest BCUT2D eigenvalue weighted by molar-refractivity contribution is 7.47. The molecule has 95 heavy (non-hydrogen) atoms. The van der Waals surface area contributed by atoms with E-state index in [2.05, 4.69) is 55.4 Å². The molecule has 0 aliphatic carbocycles. The molecule has 0 aliphatic rings. The van der Waals surface area contributed by atoms with Crippen LogP contribution in [0.5, 0.6) is 0 Å². The maximum atomic E-state index is 13.1. The van der Waals surface area contributed by atoms with Crippen LogP contribution in [0, 0.1) is 23.7 Å². The van der Waals surface area contributed by atoms with Crippen LogP contribution in [0.25, 0.3) is 0 Å². The van der Waals surface area contributed by atoms with E-state index in [4.69, 9.17) is 37.0 Å². The van der Waals surface area contributed by atoms with E-state index >= 15 is 0 Å². The first kappa shape index (κ1) is 93.1. The molecule has 0 saturated carbocycles. The van der Waals surface area contributed by atoms with E-state index < -0.39 is 97.5 Å². The molecule has 3 N–H and O–H groups in total. The van der Waals surface area contributed by atoms with Crippen molar-refractivity contribution in [2.75, 3.05) is 39.6 Å². The Hall–Kier alpha value is -1.94. The molecule has 6 atom stereocenters. The van der Waals surface area contributed by atoms with E-state index in [1.54, 1.807) is 0 Å². The van der Waals surface area contributed by atoms with Gasteiger partial charge in [0.2, 0.25) is 0 Å². The van der Waals surface area contributed by atoms with Crippen molar-refractivity contribution in [3.8, 4) is 0 Å². The van der Waals surface area contributed by atoms with Crippen molar-refractivity contribution in [2.24, 2.45) is 23.7 Å². The highest BCUT2D eigenvalue weighted by atomic mass is 31.2. The van der Waals surface area contributed by atoms with Crippen molar-refractivity contribution in [1.29, 1.82) is 0 Å². The summed E-state index contributed by atoms with van der Waals surface area (Å²) < 4.78 is 68.4. The lowest BCUT2D eigenvalue weighted by molar-refractivity contribution is -0.161. The number of rotatable bonds is 73. The van der Waals surface area contributed by atoms with Gasteiger partial charge in [-0.3, -0.25) is 37.3 Å². The molecule has 564 valence electrons. The van der Waals surface area contributed by atoms with Crippen molar-refractivity contribution in [2.45, 2.75) is 401 Å². The van der Waals surface area contributed by atoms with Gasteiger partial charge in [-0.1, -0.05) is 331 Å². The minimum Gasteiger partial charge on any atom is -0.462 e. The van der Waals surface area contributed by atoms with E-state index in [-0.39, 0.29) is 25.7 Å². The van der Waals surface area contributed by atoms with Crippen LogP contribution in [0.15, 0.2) is 0 Å². The van der Waals surface area contributed by atoms with Crippen LogP contribution in [-0.4, -0.2) is 96.7 Å². The molecule has 17 nitrogen and oxygen atoms in total. The van der Waals surface area contributed by atoms with Gasteiger partial charge in [0.1, 0.15) is 19.3 Å². The fourth-order valence-corrected chi connectivity index (χ4v) is 13.1. The average Bonchev–Trinajstić information content (AvgIpc) is 1.44. The predicted octanol–water partition coefficient (Wildman–Crippen LogP) is 22.0. The Morgan fingerprint density at radius 3 is 0.747 bits per heavy atom. The van der Waals surface area contributed by atoms with Crippen LogP contribution in [0.2, 0.25) is 0 Å². The molecule has 0 heterocycles. The Balaban J connectivity index is 5.21. The quantitative estimate of drug-likeness (QED) is 0.0222.